The van der Waals surface area contributed by atoms with Gasteiger partial charge >= 0.3 is 0 Å². The lowest BCUT2D eigenvalue weighted by molar-refractivity contribution is -0.125. The van der Waals surface area contributed by atoms with Crippen LogP contribution in [-0.4, -0.2) is 49.6 Å². The zero-order chi connectivity index (χ0) is 19.5. The van der Waals surface area contributed by atoms with Crippen LogP contribution < -0.4 is 16.0 Å². The van der Waals surface area contributed by atoms with E-state index in [4.69, 9.17) is 5.73 Å². The van der Waals surface area contributed by atoms with Crippen LogP contribution in [0.4, 0.5) is 10.1 Å². The van der Waals surface area contributed by atoms with E-state index in [-0.39, 0.29) is 23.2 Å². The summed E-state index contributed by atoms with van der Waals surface area (Å²) in [7, 11) is 0. The van der Waals surface area contributed by atoms with E-state index in [0.717, 1.165) is 44.0 Å². The molecule has 1 amide bonds. The maximum Gasteiger partial charge on any atom is 0.237 e. The van der Waals surface area contributed by atoms with Crippen LogP contribution in [0.2, 0.25) is 0 Å². The highest BCUT2D eigenvalue weighted by Crippen LogP contribution is 2.29. The Kier molecular flexibility index (Phi) is 6.64. The van der Waals surface area contributed by atoms with Gasteiger partial charge in [-0.3, -0.25) is 4.79 Å². The van der Waals surface area contributed by atoms with Crippen LogP contribution in [0.3, 0.4) is 0 Å². The summed E-state index contributed by atoms with van der Waals surface area (Å²) in [6.07, 6.45) is 0. The van der Waals surface area contributed by atoms with Gasteiger partial charge in [0.05, 0.1) is 12.1 Å². The average molecular weight is 365 g/mol. The molecule has 2 rings (SSSR count). The Morgan fingerprint density at radius 1 is 1.27 bits per heavy atom. The number of nitrogens with one attached hydrogen (secondary N) is 1. The first-order valence-electron chi connectivity index (χ1n) is 9.46. The monoisotopic (exact) mass is 364 g/mol. The highest BCUT2D eigenvalue weighted by molar-refractivity contribution is 5.83. The van der Waals surface area contributed by atoms with Crippen molar-refractivity contribution in [3.63, 3.8) is 0 Å². The van der Waals surface area contributed by atoms with Crippen molar-refractivity contribution in [2.24, 2.45) is 11.1 Å². The lowest BCUT2D eigenvalue weighted by Crippen LogP contribution is -2.49. The Balaban J connectivity index is 2.17. The van der Waals surface area contributed by atoms with Gasteiger partial charge in [-0.25, -0.2) is 4.39 Å². The summed E-state index contributed by atoms with van der Waals surface area (Å²) < 4.78 is 13.9. The number of carbonyl (C=O) groups is 1. The minimum absolute atomic E-state index is 0.212. The summed E-state index contributed by atoms with van der Waals surface area (Å²) in [4.78, 5) is 17.1. The Labute approximate surface area is 156 Å². The summed E-state index contributed by atoms with van der Waals surface area (Å²) in [5.41, 5.74) is 7.51. The molecule has 0 radical (unpaired) electrons. The van der Waals surface area contributed by atoms with Crippen molar-refractivity contribution >= 4 is 11.6 Å². The number of likely N-dealkylation sites (N-methyl/N-ethyl adjacent to an activating group) is 1. The van der Waals surface area contributed by atoms with Crippen molar-refractivity contribution in [1.82, 2.24) is 10.2 Å². The summed E-state index contributed by atoms with van der Waals surface area (Å²) in [5, 5.41) is 2.96. The van der Waals surface area contributed by atoms with Crippen molar-refractivity contribution in [2.75, 3.05) is 37.6 Å². The van der Waals surface area contributed by atoms with Crippen molar-refractivity contribution in [1.29, 1.82) is 0 Å². The number of benzene rings is 1. The molecule has 3 N–H and O–H groups in total. The van der Waals surface area contributed by atoms with Crippen molar-refractivity contribution in [3.05, 3.63) is 29.6 Å². The number of amides is 1. The normalized spacial score (nSPS) is 18.5. The largest absolute Gasteiger partial charge is 0.369 e. The number of halogens is 1. The van der Waals surface area contributed by atoms with Crippen molar-refractivity contribution in [2.45, 2.75) is 46.7 Å². The third-order valence-corrected chi connectivity index (χ3v) is 5.19. The molecule has 146 valence electrons. The average Bonchev–Trinajstić information content (AvgIpc) is 2.60. The summed E-state index contributed by atoms with van der Waals surface area (Å²) >= 11 is 0. The van der Waals surface area contributed by atoms with Gasteiger partial charge in [-0.15, -0.1) is 0 Å². The van der Waals surface area contributed by atoms with E-state index in [1.165, 1.54) is 12.1 Å². The summed E-state index contributed by atoms with van der Waals surface area (Å²) in [6, 6.07) is 3.90. The second kappa shape index (κ2) is 8.35. The number of hydrogen-bond donors (Lipinski definition) is 2. The summed E-state index contributed by atoms with van der Waals surface area (Å²) in [5.74, 6) is -0.506. The van der Waals surface area contributed by atoms with Crippen LogP contribution in [-0.2, 0) is 4.79 Å². The number of carbonyl (C=O) groups excluding carboxylic acids is 1. The molecule has 1 aromatic rings. The van der Waals surface area contributed by atoms with Gasteiger partial charge in [0, 0.05) is 37.4 Å². The van der Waals surface area contributed by atoms with E-state index < -0.39 is 6.04 Å². The zero-order valence-corrected chi connectivity index (χ0v) is 16.7. The maximum atomic E-state index is 13.9. The topological polar surface area (TPSA) is 61.6 Å². The minimum Gasteiger partial charge on any atom is -0.369 e. The number of anilines is 1. The molecule has 1 aromatic carbocycles. The molecule has 0 aromatic heterocycles. The van der Waals surface area contributed by atoms with E-state index >= 15 is 0 Å². The summed E-state index contributed by atoms with van der Waals surface area (Å²) in [6.45, 7) is 14.7. The van der Waals surface area contributed by atoms with E-state index in [0.29, 0.717) is 0 Å². The number of nitrogens with zero attached hydrogens (tertiary/aromatic N) is 2. The fourth-order valence-corrected chi connectivity index (χ4v) is 3.24. The van der Waals surface area contributed by atoms with E-state index in [1.54, 1.807) is 0 Å². The third-order valence-electron chi connectivity index (χ3n) is 5.19. The molecule has 2 atom stereocenters. The molecule has 1 aliphatic rings. The van der Waals surface area contributed by atoms with Gasteiger partial charge in [0.25, 0.3) is 0 Å². The minimum atomic E-state index is -0.616. The molecule has 26 heavy (non-hydrogen) atoms. The molecule has 6 heteroatoms. The van der Waals surface area contributed by atoms with Crippen LogP contribution in [0.25, 0.3) is 0 Å². The molecule has 1 unspecified atom stereocenters. The van der Waals surface area contributed by atoms with Crippen LogP contribution in [0.5, 0.6) is 0 Å². The quantitative estimate of drug-likeness (QED) is 0.843. The maximum absolute atomic E-state index is 13.9. The van der Waals surface area contributed by atoms with Crippen molar-refractivity contribution < 1.29 is 9.18 Å². The highest BCUT2D eigenvalue weighted by atomic mass is 19.1. The standard InChI is InChI=1S/C20H33FN4O/c1-6-24-9-11-25(12-10-24)17-8-7-15(21)13-16(17)14(2)23-19(26)18(22)20(3,4)5/h7-8,13-14,18H,6,9-12,22H2,1-5H3,(H,23,26)/t14?,18-/m1/s1. The molecular formula is C20H33FN4O. The van der Waals surface area contributed by atoms with Gasteiger partial charge in [-0.05, 0) is 37.1 Å². The van der Waals surface area contributed by atoms with Gasteiger partial charge in [-0.1, -0.05) is 27.7 Å². The number of piperazine rings is 1. The first-order valence-corrected chi connectivity index (χ1v) is 9.46. The lowest BCUT2D eigenvalue weighted by atomic mass is 9.86. The second-order valence-corrected chi connectivity index (χ2v) is 8.20. The van der Waals surface area contributed by atoms with Gasteiger partial charge in [-0.2, -0.15) is 0 Å². The smallest absolute Gasteiger partial charge is 0.237 e. The van der Waals surface area contributed by atoms with E-state index in [9.17, 15) is 9.18 Å². The number of nitrogens with two attached hydrogens (primary N) is 1. The Hall–Kier alpha value is -1.66. The van der Waals surface area contributed by atoms with Gasteiger partial charge in [0.15, 0.2) is 0 Å². The molecule has 1 heterocycles. The SMILES string of the molecule is CCN1CCN(c2ccc(F)cc2C(C)NC(=O)[C@@H](N)C(C)(C)C)CC1. The van der Waals surface area contributed by atoms with Crippen LogP contribution in [0.1, 0.15) is 46.2 Å². The molecule has 1 fully saturated rings. The second-order valence-electron chi connectivity index (χ2n) is 8.20. The zero-order valence-electron chi connectivity index (χ0n) is 16.7. The Morgan fingerprint density at radius 2 is 1.88 bits per heavy atom. The number of hydrogen-bond acceptors (Lipinski definition) is 4. The molecule has 5 nitrogen and oxygen atoms in total. The molecular weight excluding hydrogens is 331 g/mol. The van der Waals surface area contributed by atoms with Gasteiger partial charge < -0.3 is 20.9 Å². The number of rotatable bonds is 5. The Bertz CT molecular complexity index is 621. The molecule has 0 bridgehead atoms. The first kappa shape index (κ1) is 20.6. The van der Waals surface area contributed by atoms with E-state index in [1.807, 2.05) is 33.8 Å². The molecule has 0 aliphatic carbocycles. The first-order chi connectivity index (χ1) is 12.1. The van der Waals surface area contributed by atoms with Gasteiger partial charge in [0.1, 0.15) is 5.82 Å². The van der Waals surface area contributed by atoms with E-state index in [2.05, 4.69) is 22.0 Å². The highest BCUT2D eigenvalue weighted by Gasteiger charge is 2.29. The van der Waals surface area contributed by atoms with Crippen LogP contribution in [0, 0.1) is 11.2 Å². The molecule has 1 saturated heterocycles. The van der Waals surface area contributed by atoms with Crippen LogP contribution >= 0.6 is 0 Å². The third kappa shape index (κ3) is 4.95. The molecule has 1 aliphatic heterocycles. The fourth-order valence-electron chi connectivity index (χ4n) is 3.24. The van der Waals surface area contributed by atoms with Crippen molar-refractivity contribution in [3.8, 4) is 0 Å². The Morgan fingerprint density at radius 3 is 2.42 bits per heavy atom. The van der Waals surface area contributed by atoms with Gasteiger partial charge in [0.2, 0.25) is 5.91 Å². The fraction of sp³-hybridized carbons (Fsp3) is 0.650. The predicted molar refractivity (Wildman–Crippen MR) is 105 cm³/mol. The predicted octanol–water partition coefficient (Wildman–Crippen LogP) is 2.52. The van der Waals surface area contributed by atoms with Crippen LogP contribution in [0.15, 0.2) is 18.2 Å². The molecule has 0 spiro atoms. The molecule has 0 saturated carbocycles. The lowest BCUT2D eigenvalue weighted by Gasteiger charge is -2.37.